The van der Waals surface area contributed by atoms with Crippen LogP contribution in [0.3, 0.4) is 0 Å². The lowest BCUT2D eigenvalue weighted by atomic mass is 9.85. The largest absolute Gasteiger partial charge is 0.790 e. The van der Waals surface area contributed by atoms with Crippen molar-refractivity contribution in [2.45, 2.75) is 36.6 Å². The summed E-state index contributed by atoms with van der Waals surface area (Å²) in [7, 11) is -47.8. The fourth-order valence-corrected chi connectivity index (χ4v) is 7.24. The van der Waals surface area contributed by atoms with Crippen LogP contribution in [0, 0.1) is 0 Å². The lowest BCUT2D eigenvalue weighted by Crippen LogP contribution is -2.68. The summed E-state index contributed by atoms with van der Waals surface area (Å²) in [5.41, 5.74) is 0. The van der Waals surface area contributed by atoms with Gasteiger partial charge in [-0.05, 0) is 0 Å². The monoisotopic (exact) mass is 727 g/mol. The van der Waals surface area contributed by atoms with E-state index in [1.807, 2.05) is 0 Å². The molecule has 0 radical (unpaired) electrons. The average Bonchev–Trinajstić information content (AvgIpc) is 2.57. The van der Waals surface area contributed by atoms with Gasteiger partial charge in [-0.3, -0.25) is 8.88 Å². The van der Waals surface area contributed by atoms with Crippen molar-refractivity contribution in [3.63, 3.8) is 0 Å². The van der Waals surface area contributed by atoms with Gasteiger partial charge in [0, 0.05) is 0 Å². The molecule has 0 aromatic heterocycles. The quantitative estimate of drug-likeness (QED) is 0.150. The molecule has 0 saturated heterocycles. The maximum atomic E-state index is 11.9. The van der Waals surface area contributed by atoms with Crippen molar-refractivity contribution < 1.29 is 127 Å². The predicted molar refractivity (Wildman–Crippen MR) is 83.6 cm³/mol. The van der Waals surface area contributed by atoms with Crippen molar-refractivity contribution in [1.29, 1.82) is 0 Å². The van der Waals surface area contributed by atoms with Gasteiger partial charge in [-0.15, -0.1) is 0 Å². The average molecular weight is 727 g/mol. The zero-order valence-corrected chi connectivity index (χ0v) is 23.9. The highest BCUT2D eigenvalue weighted by molar-refractivity contribution is 7.58. The topological polar surface area (TPSA) is 484 Å². The minimum atomic E-state index is -6.97. The molecule has 27 nitrogen and oxygen atoms in total. The van der Waals surface area contributed by atoms with Gasteiger partial charge in [-0.25, -0.2) is 0 Å². The summed E-state index contributed by atoms with van der Waals surface area (Å²) < 4.78 is 103. The Kier molecular flexibility index (Phi) is 12.7. The first-order chi connectivity index (χ1) is 17.3. The number of phosphoric ester groups is 6. The lowest BCUT2D eigenvalue weighted by molar-refractivity contribution is -0.385. The Labute approximate surface area is 219 Å². The number of hydrogen-bond donors (Lipinski definition) is 0. The summed E-state index contributed by atoms with van der Waals surface area (Å²) in [4.78, 5) is 145. The van der Waals surface area contributed by atoms with E-state index in [4.69, 9.17) is 0 Å². The highest BCUT2D eigenvalue weighted by Gasteiger charge is 2.57. The lowest BCUT2D eigenvalue weighted by Gasteiger charge is -2.56. The molecule has 40 heavy (non-hydrogen) atoms. The van der Waals surface area contributed by atoms with Crippen molar-refractivity contribution in [3.05, 3.63) is 0 Å². The van der Waals surface area contributed by atoms with Crippen LogP contribution in [-0.2, 0) is 63.4 Å². The molecule has 0 aromatic carbocycles. The Hall–Kier alpha value is 0.810. The Morgan fingerprint density at radius 2 is 0.475 bits per heavy atom. The maximum absolute atomic E-state index is 11.9. The molecule has 0 amide bonds. The van der Waals surface area contributed by atoms with Crippen LogP contribution in [-0.4, -0.2) is 36.6 Å². The third kappa shape index (κ3) is 15.0. The van der Waals surface area contributed by atoms with Crippen LogP contribution >= 0.6 is 54.8 Å². The number of phosphoric acid groups is 7. The molecule has 34 heteroatoms. The van der Waals surface area contributed by atoms with E-state index in [-0.39, 0.29) is 0 Å². The highest BCUT2D eigenvalue weighted by atomic mass is 31.3. The van der Waals surface area contributed by atoms with Crippen LogP contribution in [0.1, 0.15) is 0 Å². The van der Waals surface area contributed by atoms with Gasteiger partial charge < -0.3 is 118 Å². The fourth-order valence-electron chi connectivity index (χ4n) is 2.88. The van der Waals surface area contributed by atoms with E-state index >= 15 is 0 Å². The summed E-state index contributed by atoms with van der Waals surface area (Å²) in [6, 6.07) is 0. The maximum Gasteiger partial charge on any atom is 0.272 e. The third-order valence-electron chi connectivity index (χ3n) is 3.65. The Bertz CT molecular complexity index is 1160. The Morgan fingerprint density at radius 3 is 0.625 bits per heavy atom. The number of rotatable bonds is 14. The minimum Gasteiger partial charge on any atom is -0.790 e. The Balaban J connectivity index is 4.13. The zero-order valence-electron chi connectivity index (χ0n) is 17.6. The fraction of sp³-hybridized carbons (Fsp3) is 1.00. The van der Waals surface area contributed by atoms with Crippen molar-refractivity contribution >= 4 is 54.8 Å². The van der Waals surface area contributed by atoms with Gasteiger partial charge >= 0.3 is 0 Å². The van der Waals surface area contributed by atoms with Gasteiger partial charge in [0.05, 0.1) is 46.9 Å². The van der Waals surface area contributed by atoms with Gasteiger partial charge in [0.1, 0.15) is 36.6 Å². The molecular weight excluding hydrogens is 721 g/mol. The van der Waals surface area contributed by atoms with Crippen LogP contribution in [0.2, 0.25) is 0 Å². The minimum absolute atomic E-state index is 2.91. The standard InChI is InChI=1S/C6H19O27P7/c7-34(8,9)27-1-2(28-35(10,11)12)4(30-37(16,17)18)6(32-40(25,26)33-39(22,23)24)5(31-38(19,20)21)3(1)29-36(13,14)15/h1-6H,(H,25,26)(H2,7,8,9)(H2,10,11,12)(H2,13,14,15)(H2,16,17,18)(H2,19,20,21)(H2,22,23,24)/p-13/t1?,2-,3-,4-,5+,6?/m1/s1. The number of hydrogen-bond acceptors (Lipinski definition) is 27. The van der Waals surface area contributed by atoms with E-state index in [0.717, 1.165) is 0 Å². The normalized spacial score (nSPS) is 29.2. The van der Waals surface area contributed by atoms with Gasteiger partial charge in [-0.2, -0.15) is 0 Å². The smallest absolute Gasteiger partial charge is 0.272 e. The molecule has 0 N–H and O–H groups in total. The van der Waals surface area contributed by atoms with E-state index in [1.54, 1.807) is 0 Å². The Morgan fingerprint density at radius 1 is 0.300 bits per heavy atom. The molecular formula is C6H6O27P7-13. The van der Waals surface area contributed by atoms with E-state index in [2.05, 4.69) is 31.5 Å². The van der Waals surface area contributed by atoms with Crippen LogP contribution in [0.15, 0.2) is 0 Å². The second-order valence-corrected chi connectivity index (χ2v) is 14.8. The van der Waals surface area contributed by atoms with Crippen LogP contribution < -0.4 is 63.6 Å². The van der Waals surface area contributed by atoms with E-state index in [9.17, 15) is 95.6 Å². The second kappa shape index (κ2) is 13.0. The van der Waals surface area contributed by atoms with Gasteiger partial charge in [-0.1, -0.05) is 0 Å². The summed E-state index contributed by atoms with van der Waals surface area (Å²) in [6.07, 6.45) is -22.5. The van der Waals surface area contributed by atoms with E-state index in [1.165, 1.54) is 0 Å². The first kappa shape index (κ1) is 38.8. The molecule has 0 bridgehead atoms. The third-order valence-corrected chi connectivity index (χ3v) is 8.26. The van der Waals surface area contributed by atoms with Crippen LogP contribution in [0.25, 0.3) is 0 Å². The summed E-state index contributed by atoms with van der Waals surface area (Å²) in [6.45, 7) is 0. The predicted octanol–water partition coefficient (Wildman–Crippen LogP) is -11.2. The van der Waals surface area contributed by atoms with Crippen molar-refractivity contribution in [2.24, 2.45) is 0 Å². The molecule has 7 atom stereocenters. The SMILES string of the molecule is O=P([O-])([O-])OC1[C@@H](OP(=O)([O-])[O-])[C@H](OP(=O)([O-])[O-])C(OP(=O)([O-])OP(=O)([O-])[O-])[C@H](OP(=O)([O-])[O-])[C@@H]1OP(=O)([O-])[O-]. The summed E-state index contributed by atoms with van der Waals surface area (Å²) in [5.74, 6) is 0. The van der Waals surface area contributed by atoms with Crippen molar-refractivity contribution in [3.8, 4) is 0 Å². The molecule has 0 aromatic rings. The van der Waals surface area contributed by atoms with Gasteiger partial charge in [0.2, 0.25) is 0 Å². The summed E-state index contributed by atoms with van der Waals surface area (Å²) >= 11 is 0. The van der Waals surface area contributed by atoms with Gasteiger partial charge in [0.15, 0.2) is 0 Å². The van der Waals surface area contributed by atoms with E-state index < -0.39 is 91.4 Å². The van der Waals surface area contributed by atoms with Gasteiger partial charge in [0.25, 0.3) is 7.82 Å². The molecule has 1 rings (SSSR count). The highest BCUT2D eigenvalue weighted by Crippen LogP contribution is 2.56. The summed E-state index contributed by atoms with van der Waals surface area (Å²) in [5, 5.41) is 0. The first-order valence-corrected chi connectivity index (χ1v) is 18.8. The molecule has 1 saturated carbocycles. The van der Waals surface area contributed by atoms with Crippen molar-refractivity contribution in [1.82, 2.24) is 0 Å². The molecule has 1 aliphatic rings. The molecule has 1 fully saturated rings. The molecule has 3 unspecified atom stereocenters. The molecule has 1 aliphatic carbocycles. The second-order valence-electron chi connectivity index (χ2n) is 6.63. The van der Waals surface area contributed by atoms with Crippen molar-refractivity contribution in [2.75, 3.05) is 0 Å². The van der Waals surface area contributed by atoms with Crippen LogP contribution in [0.4, 0.5) is 0 Å². The van der Waals surface area contributed by atoms with Crippen LogP contribution in [0.5, 0.6) is 0 Å². The zero-order chi connectivity index (χ0) is 31.9. The molecule has 0 heterocycles. The molecule has 0 aliphatic heterocycles. The molecule has 0 spiro atoms. The van der Waals surface area contributed by atoms with E-state index in [0.29, 0.717) is 0 Å². The first-order valence-electron chi connectivity index (χ1n) is 8.53. The molecule has 240 valence electrons.